The van der Waals surface area contributed by atoms with Crippen molar-refractivity contribution < 1.29 is 28.8 Å². The highest BCUT2D eigenvalue weighted by Crippen LogP contribution is 2.38. The zero-order chi connectivity index (χ0) is 35.1. The first-order valence-electron chi connectivity index (χ1n) is 14.3. The van der Waals surface area contributed by atoms with Crippen LogP contribution in [0.2, 0.25) is 0 Å². The second-order valence-corrected chi connectivity index (χ2v) is 17.2. The first kappa shape index (κ1) is 37.0. The van der Waals surface area contributed by atoms with Crippen molar-refractivity contribution in [2.75, 3.05) is 0 Å². The molecule has 6 rings (SSSR count). The van der Waals surface area contributed by atoms with E-state index in [1.54, 1.807) is 0 Å². The van der Waals surface area contributed by atoms with Gasteiger partial charge in [-0.15, -0.1) is 68.0 Å². The zero-order valence-electron chi connectivity index (χ0n) is 26.8. The molecule has 0 aromatic carbocycles. The standard InChI is InChI=1S/3C12H10O2S2/c3*1-7-3-9(15-11(7)5-13)10-4-8(2)12(6-14)16-10/h3*3-6H,1-2H3. The molecule has 0 amide bonds. The third kappa shape index (κ3) is 8.43. The van der Waals surface area contributed by atoms with Crippen LogP contribution < -0.4 is 0 Å². The molecule has 0 saturated heterocycles. The van der Waals surface area contributed by atoms with E-state index in [2.05, 4.69) is 0 Å². The zero-order valence-corrected chi connectivity index (χ0v) is 31.7. The number of carbonyl (C=O) groups excluding carboxylic acids is 6. The minimum Gasteiger partial charge on any atom is -0.297 e. The van der Waals surface area contributed by atoms with Crippen molar-refractivity contribution in [1.29, 1.82) is 0 Å². The minimum absolute atomic E-state index is 0.758. The molecule has 0 bridgehead atoms. The topological polar surface area (TPSA) is 102 Å². The van der Waals surface area contributed by atoms with E-state index in [1.165, 1.54) is 68.0 Å². The summed E-state index contributed by atoms with van der Waals surface area (Å²) in [5, 5.41) is 0. The maximum Gasteiger partial charge on any atom is 0.160 e. The monoisotopic (exact) mass is 750 g/mol. The van der Waals surface area contributed by atoms with Crippen LogP contribution in [0, 0.1) is 41.5 Å². The van der Waals surface area contributed by atoms with Crippen molar-refractivity contribution in [3.63, 3.8) is 0 Å². The van der Waals surface area contributed by atoms with Crippen molar-refractivity contribution in [2.24, 2.45) is 0 Å². The quantitative estimate of drug-likeness (QED) is 0.136. The Morgan fingerprint density at radius 1 is 0.292 bits per heavy atom. The second kappa shape index (κ2) is 16.6. The molecular formula is C36H30O6S6. The van der Waals surface area contributed by atoms with E-state index in [-0.39, 0.29) is 0 Å². The highest BCUT2D eigenvalue weighted by Gasteiger charge is 2.13. The second-order valence-electron chi connectivity index (χ2n) is 10.7. The molecule has 0 fully saturated rings. The van der Waals surface area contributed by atoms with E-state index in [0.717, 1.165) is 130 Å². The van der Waals surface area contributed by atoms with Gasteiger partial charge in [0.1, 0.15) is 0 Å². The molecule has 0 saturated carbocycles. The Morgan fingerprint density at radius 3 is 0.500 bits per heavy atom. The molecule has 6 aromatic rings. The molecule has 0 spiro atoms. The van der Waals surface area contributed by atoms with Crippen LogP contribution in [0.1, 0.15) is 91.4 Å². The van der Waals surface area contributed by atoms with Gasteiger partial charge in [0.25, 0.3) is 0 Å². The minimum atomic E-state index is 0.758. The SMILES string of the molecule is Cc1cc(-c2cc(C)c(C=O)s2)sc1C=O.Cc1cc(-c2cc(C)c(C=O)s2)sc1C=O.Cc1cc(-c2cc(C)c(C=O)s2)sc1C=O. The lowest BCUT2D eigenvalue weighted by atomic mass is 10.2. The van der Waals surface area contributed by atoms with Crippen LogP contribution in [0.15, 0.2) is 36.4 Å². The van der Waals surface area contributed by atoms with Gasteiger partial charge in [-0.3, -0.25) is 28.8 Å². The van der Waals surface area contributed by atoms with E-state index >= 15 is 0 Å². The molecular weight excluding hydrogens is 721 g/mol. The summed E-state index contributed by atoms with van der Waals surface area (Å²) in [6, 6.07) is 12.0. The Labute approximate surface area is 302 Å². The fourth-order valence-corrected chi connectivity index (χ4v) is 10.6. The number of carbonyl (C=O) groups is 6. The molecule has 246 valence electrons. The molecule has 0 aliphatic heterocycles. The van der Waals surface area contributed by atoms with Crippen molar-refractivity contribution in [2.45, 2.75) is 41.5 Å². The Kier molecular flexibility index (Phi) is 12.8. The van der Waals surface area contributed by atoms with Crippen molar-refractivity contribution >= 4 is 106 Å². The molecule has 0 atom stereocenters. The van der Waals surface area contributed by atoms with E-state index < -0.39 is 0 Å². The summed E-state index contributed by atoms with van der Waals surface area (Å²) in [6.45, 7) is 11.5. The van der Waals surface area contributed by atoms with Crippen molar-refractivity contribution in [3.8, 4) is 29.3 Å². The maximum atomic E-state index is 10.8. The molecule has 48 heavy (non-hydrogen) atoms. The average Bonchev–Trinajstić information content (AvgIpc) is 3.92. The number of rotatable bonds is 9. The van der Waals surface area contributed by atoms with Gasteiger partial charge in [0.2, 0.25) is 0 Å². The van der Waals surface area contributed by atoms with E-state index in [9.17, 15) is 28.8 Å². The van der Waals surface area contributed by atoms with Gasteiger partial charge >= 0.3 is 0 Å². The highest BCUT2D eigenvalue weighted by atomic mass is 32.1. The van der Waals surface area contributed by atoms with Gasteiger partial charge in [0, 0.05) is 29.3 Å². The molecule has 6 heterocycles. The van der Waals surface area contributed by atoms with Crippen LogP contribution in [0.4, 0.5) is 0 Å². The number of hydrogen-bond donors (Lipinski definition) is 0. The van der Waals surface area contributed by atoms with Crippen LogP contribution in [-0.2, 0) is 0 Å². The number of hydrogen-bond acceptors (Lipinski definition) is 12. The van der Waals surface area contributed by atoms with Gasteiger partial charge in [-0.1, -0.05) is 0 Å². The third-order valence-corrected chi connectivity index (χ3v) is 14.7. The number of aryl methyl sites for hydroxylation is 6. The highest BCUT2D eigenvalue weighted by molar-refractivity contribution is 7.25. The van der Waals surface area contributed by atoms with Crippen LogP contribution in [0.3, 0.4) is 0 Å². The molecule has 0 aliphatic carbocycles. The normalized spacial score (nSPS) is 10.4. The van der Waals surface area contributed by atoms with Crippen LogP contribution in [0.25, 0.3) is 29.3 Å². The van der Waals surface area contributed by atoms with Crippen LogP contribution >= 0.6 is 68.0 Å². The van der Waals surface area contributed by atoms with E-state index in [4.69, 9.17) is 0 Å². The van der Waals surface area contributed by atoms with Gasteiger partial charge in [-0.05, 0) is 111 Å². The van der Waals surface area contributed by atoms with Gasteiger partial charge < -0.3 is 0 Å². The van der Waals surface area contributed by atoms with Crippen LogP contribution in [0.5, 0.6) is 0 Å². The predicted molar refractivity (Wildman–Crippen MR) is 204 cm³/mol. The van der Waals surface area contributed by atoms with Gasteiger partial charge in [0.15, 0.2) is 37.7 Å². The lowest BCUT2D eigenvalue weighted by molar-refractivity contribution is 0.111. The summed E-state index contributed by atoms with van der Waals surface area (Å²) in [5.74, 6) is 0. The lowest BCUT2D eigenvalue weighted by Gasteiger charge is -1.86. The largest absolute Gasteiger partial charge is 0.297 e. The Balaban J connectivity index is 0.000000163. The Bertz CT molecular complexity index is 1740. The molecule has 6 nitrogen and oxygen atoms in total. The third-order valence-electron chi connectivity index (χ3n) is 7.11. The smallest absolute Gasteiger partial charge is 0.160 e. The fraction of sp³-hybridized carbons (Fsp3) is 0.167. The summed E-state index contributed by atoms with van der Waals surface area (Å²) in [6.07, 6.45) is 5.28. The molecule has 12 heteroatoms. The fourth-order valence-electron chi connectivity index (χ4n) is 4.41. The molecule has 6 aromatic heterocycles. The summed E-state index contributed by atoms with van der Waals surface area (Å²) in [7, 11) is 0. The average molecular weight is 751 g/mol. The summed E-state index contributed by atoms with van der Waals surface area (Å²) < 4.78 is 0. The molecule has 0 aliphatic rings. The number of aldehydes is 6. The Morgan fingerprint density at radius 2 is 0.417 bits per heavy atom. The molecule has 0 N–H and O–H groups in total. The van der Waals surface area contributed by atoms with E-state index in [0.29, 0.717) is 0 Å². The van der Waals surface area contributed by atoms with Crippen molar-refractivity contribution in [3.05, 3.63) is 99.0 Å². The van der Waals surface area contributed by atoms with Crippen LogP contribution in [-0.4, -0.2) is 37.7 Å². The lowest BCUT2D eigenvalue weighted by Crippen LogP contribution is -1.72. The molecule has 0 unspecified atom stereocenters. The van der Waals surface area contributed by atoms with Gasteiger partial charge in [-0.2, -0.15) is 0 Å². The summed E-state index contributed by atoms with van der Waals surface area (Å²) in [5.41, 5.74) is 5.97. The first-order chi connectivity index (χ1) is 23.0. The Hall–Kier alpha value is -3.78. The predicted octanol–water partition coefficient (Wildman–Crippen LogP) is 11.2. The van der Waals surface area contributed by atoms with Crippen molar-refractivity contribution in [1.82, 2.24) is 0 Å². The van der Waals surface area contributed by atoms with E-state index in [1.807, 2.05) is 77.9 Å². The number of thiophene rings is 6. The maximum absolute atomic E-state index is 10.8. The van der Waals surface area contributed by atoms with Gasteiger partial charge in [0.05, 0.1) is 29.3 Å². The molecule has 0 radical (unpaired) electrons. The van der Waals surface area contributed by atoms with Gasteiger partial charge in [-0.25, -0.2) is 0 Å². The summed E-state index contributed by atoms with van der Waals surface area (Å²) >= 11 is 8.83. The first-order valence-corrected chi connectivity index (χ1v) is 19.2. The summed E-state index contributed by atoms with van der Waals surface area (Å²) in [4.78, 5) is 75.4.